The molecule has 0 unspecified atom stereocenters. The van der Waals surface area contributed by atoms with Crippen molar-refractivity contribution < 1.29 is 23.0 Å². The number of hydrogen-bond donors (Lipinski definition) is 2. The highest BCUT2D eigenvalue weighted by molar-refractivity contribution is 5.50. The van der Waals surface area contributed by atoms with Gasteiger partial charge in [0.1, 0.15) is 5.75 Å². The molecule has 0 saturated carbocycles. The highest BCUT2D eigenvalue weighted by Gasteiger charge is 2.31. The summed E-state index contributed by atoms with van der Waals surface area (Å²) >= 11 is 0. The van der Waals surface area contributed by atoms with Crippen molar-refractivity contribution in [3.05, 3.63) is 64.5 Å². The molecule has 0 aliphatic heterocycles. The maximum Gasteiger partial charge on any atom is 0.573 e. The predicted molar refractivity (Wildman–Crippen MR) is 105 cm³/mol. The van der Waals surface area contributed by atoms with E-state index < -0.39 is 17.8 Å². The monoisotopic (exact) mass is 422 g/mol. The SMILES string of the molecule is Cc1c(O)n(-c2ccc(OC(F)(F)F)cc2)c(=O)n1Cc1ccncc1NC(C)C. The van der Waals surface area contributed by atoms with E-state index >= 15 is 0 Å². The third kappa shape index (κ3) is 4.58. The van der Waals surface area contributed by atoms with Crippen molar-refractivity contribution in [3.8, 4) is 17.3 Å². The summed E-state index contributed by atoms with van der Waals surface area (Å²) in [5.41, 5.74) is 1.57. The third-order valence-electron chi connectivity index (χ3n) is 4.37. The normalized spacial score (nSPS) is 11.7. The largest absolute Gasteiger partial charge is 0.573 e. The number of alkyl halides is 3. The van der Waals surface area contributed by atoms with Crippen LogP contribution in [0.3, 0.4) is 0 Å². The smallest absolute Gasteiger partial charge is 0.493 e. The Hall–Kier alpha value is -3.43. The van der Waals surface area contributed by atoms with Crippen LogP contribution in [0.4, 0.5) is 18.9 Å². The number of hydrogen-bond acceptors (Lipinski definition) is 5. The van der Waals surface area contributed by atoms with Gasteiger partial charge in [0.15, 0.2) is 0 Å². The molecule has 7 nitrogen and oxygen atoms in total. The Balaban J connectivity index is 1.96. The number of anilines is 1. The van der Waals surface area contributed by atoms with E-state index in [4.69, 9.17) is 0 Å². The minimum atomic E-state index is -4.81. The number of aromatic hydroxyl groups is 1. The molecule has 0 radical (unpaired) electrons. The van der Waals surface area contributed by atoms with Gasteiger partial charge in [0.2, 0.25) is 5.88 Å². The van der Waals surface area contributed by atoms with Gasteiger partial charge in [-0.15, -0.1) is 13.2 Å². The van der Waals surface area contributed by atoms with Crippen molar-refractivity contribution in [2.45, 2.75) is 39.7 Å². The number of rotatable bonds is 6. The zero-order valence-electron chi connectivity index (χ0n) is 16.6. The fourth-order valence-corrected chi connectivity index (χ4v) is 3.03. The fraction of sp³-hybridized carbons (Fsp3) is 0.300. The Labute approximate surface area is 170 Å². The van der Waals surface area contributed by atoms with E-state index in [0.29, 0.717) is 5.69 Å². The molecule has 0 fully saturated rings. The van der Waals surface area contributed by atoms with Crippen LogP contribution in [0.25, 0.3) is 5.69 Å². The first kappa shape index (κ1) is 21.3. The summed E-state index contributed by atoms with van der Waals surface area (Å²) in [6.45, 7) is 5.72. The topological polar surface area (TPSA) is 81.3 Å². The van der Waals surface area contributed by atoms with Crippen LogP contribution in [-0.4, -0.2) is 31.6 Å². The van der Waals surface area contributed by atoms with Gasteiger partial charge in [0.05, 0.1) is 29.8 Å². The summed E-state index contributed by atoms with van der Waals surface area (Å²) in [6, 6.07) is 6.62. The zero-order valence-corrected chi connectivity index (χ0v) is 16.6. The molecule has 2 heterocycles. The minimum Gasteiger partial charge on any atom is -0.493 e. The number of aromatic nitrogens is 3. The third-order valence-corrected chi connectivity index (χ3v) is 4.37. The van der Waals surface area contributed by atoms with E-state index in [2.05, 4.69) is 15.0 Å². The van der Waals surface area contributed by atoms with Gasteiger partial charge in [-0.3, -0.25) is 9.55 Å². The van der Waals surface area contributed by atoms with Crippen molar-refractivity contribution in [3.63, 3.8) is 0 Å². The molecule has 3 aromatic rings. The lowest BCUT2D eigenvalue weighted by Gasteiger charge is -2.14. The molecule has 10 heteroatoms. The Bertz CT molecular complexity index is 1090. The Morgan fingerprint density at radius 2 is 1.87 bits per heavy atom. The maximum absolute atomic E-state index is 13.0. The van der Waals surface area contributed by atoms with E-state index in [-0.39, 0.29) is 24.2 Å². The van der Waals surface area contributed by atoms with E-state index in [1.165, 1.54) is 16.7 Å². The van der Waals surface area contributed by atoms with Crippen LogP contribution in [0.5, 0.6) is 11.6 Å². The van der Waals surface area contributed by atoms with Gasteiger partial charge >= 0.3 is 12.1 Å². The van der Waals surface area contributed by atoms with Crippen molar-refractivity contribution in [2.24, 2.45) is 0 Å². The first-order chi connectivity index (χ1) is 14.1. The lowest BCUT2D eigenvalue weighted by molar-refractivity contribution is -0.274. The molecule has 2 N–H and O–H groups in total. The number of halogens is 3. The molecular weight excluding hydrogens is 401 g/mol. The van der Waals surface area contributed by atoms with E-state index in [1.54, 1.807) is 25.4 Å². The van der Waals surface area contributed by atoms with Crippen LogP contribution in [0.1, 0.15) is 25.1 Å². The highest BCUT2D eigenvalue weighted by Crippen LogP contribution is 2.26. The molecule has 0 spiro atoms. The number of imidazole rings is 1. The highest BCUT2D eigenvalue weighted by atomic mass is 19.4. The summed E-state index contributed by atoms with van der Waals surface area (Å²) in [6.07, 6.45) is -1.55. The van der Waals surface area contributed by atoms with Gasteiger partial charge in [-0.1, -0.05) is 0 Å². The van der Waals surface area contributed by atoms with Crippen LogP contribution in [0.15, 0.2) is 47.5 Å². The average Bonchev–Trinajstić information content (AvgIpc) is 2.86. The molecule has 30 heavy (non-hydrogen) atoms. The van der Waals surface area contributed by atoms with Gasteiger partial charge in [-0.05, 0) is 56.7 Å². The van der Waals surface area contributed by atoms with Crippen LogP contribution in [-0.2, 0) is 6.54 Å². The first-order valence-corrected chi connectivity index (χ1v) is 9.13. The number of ether oxygens (including phenoxy) is 1. The molecule has 0 saturated heterocycles. The molecule has 0 atom stereocenters. The van der Waals surface area contributed by atoms with Crippen molar-refractivity contribution in [1.29, 1.82) is 0 Å². The molecule has 0 amide bonds. The summed E-state index contributed by atoms with van der Waals surface area (Å²) < 4.78 is 43.3. The maximum atomic E-state index is 13.0. The minimum absolute atomic E-state index is 0.154. The van der Waals surface area contributed by atoms with Crippen molar-refractivity contribution in [1.82, 2.24) is 14.1 Å². The fourth-order valence-electron chi connectivity index (χ4n) is 3.03. The Morgan fingerprint density at radius 3 is 2.47 bits per heavy atom. The predicted octanol–water partition coefficient (Wildman–Crippen LogP) is 3.82. The van der Waals surface area contributed by atoms with Gasteiger partial charge in [-0.25, -0.2) is 9.36 Å². The number of benzene rings is 1. The summed E-state index contributed by atoms with van der Waals surface area (Å²) in [5, 5.41) is 13.8. The average molecular weight is 422 g/mol. The number of nitrogens with one attached hydrogen (secondary N) is 1. The Morgan fingerprint density at radius 1 is 1.20 bits per heavy atom. The molecule has 0 aliphatic rings. The molecule has 160 valence electrons. The molecular formula is C20H21F3N4O3. The van der Waals surface area contributed by atoms with E-state index in [1.807, 2.05) is 13.8 Å². The summed E-state index contributed by atoms with van der Waals surface area (Å²) in [4.78, 5) is 17.1. The Kier molecular flexibility index (Phi) is 5.77. The van der Waals surface area contributed by atoms with Crippen LogP contribution >= 0.6 is 0 Å². The standard InChI is InChI=1S/C20H21F3N4O3/c1-12(2)25-17-10-24-9-8-14(17)11-26-13(3)18(28)27(19(26)29)15-4-6-16(7-5-15)30-20(21,22)23/h4-10,12,25,28H,11H2,1-3H3. The number of pyridine rings is 1. The summed E-state index contributed by atoms with van der Waals surface area (Å²) in [5.74, 6) is -0.715. The lowest BCUT2D eigenvalue weighted by Crippen LogP contribution is -2.25. The zero-order chi connectivity index (χ0) is 22.1. The quantitative estimate of drug-likeness (QED) is 0.631. The van der Waals surface area contributed by atoms with E-state index in [9.17, 15) is 23.1 Å². The number of nitrogens with zero attached hydrogens (tertiary/aromatic N) is 3. The van der Waals surface area contributed by atoms with Crippen molar-refractivity contribution in [2.75, 3.05) is 5.32 Å². The van der Waals surface area contributed by atoms with Gasteiger partial charge in [0, 0.05) is 12.2 Å². The van der Waals surface area contributed by atoms with Crippen LogP contribution in [0.2, 0.25) is 0 Å². The summed E-state index contributed by atoms with van der Waals surface area (Å²) in [7, 11) is 0. The second kappa shape index (κ2) is 8.13. The van der Waals surface area contributed by atoms with Crippen molar-refractivity contribution >= 4 is 5.69 Å². The van der Waals surface area contributed by atoms with Gasteiger partial charge < -0.3 is 15.2 Å². The van der Waals surface area contributed by atoms with E-state index in [0.717, 1.165) is 28.0 Å². The van der Waals surface area contributed by atoms with Gasteiger partial charge in [0.25, 0.3) is 0 Å². The molecule has 2 aromatic heterocycles. The molecule has 0 bridgehead atoms. The second-order valence-electron chi connectivity index (χ2n) is 6.99. The van der Waals surface area contributed by atoms with Crippen LogP contribution < -0.4 is 15.7 Å². The molecule has 0 aliphatic carbocycles. The first-order valence-electron chi connectivity index (χ1n) is 9.13. The lowest BCUT2D eigenvalue weighted by atomic mass is 10.2. The second-order valence-corrected chi connectivity index (χ2v) is 6.99. The van der Waals surface area contributed by atoms with Crippen LogP contribution in [0, 0.1) is 6.92 Å². The molecule has 1 aromatic carbocycles. The molecule has 3 rings (SSSR count). The van der Waals surface area contributed by atoms with Gasteiger partial charge in [-0.2, -0.15) is 0 Å².